The molecule has 3 rings (SSSR count). The van der Waals surface area contributed by atoms with Crippen LogP contribution < -0.4 is 10.9 Å². The first-order valence-corrected chi connectivity index (χ1v) is 8.81. The molecular formula is C17H18BrN3O4. The van der Waals surface area contributed by atoms with Crippen molar-refractivity contribution in [1.82, 2.24) is 9.47 Å². The number of hydrogen-bond acceptors (Lipinski definition) is 4. The van der Waals surface area contributed by atoms with Crippen LogP contribution in [0.25, 0.3) is 0 Å². The molecule has 1 aliphatic rings. The molecule has 0 aromatic carbocycles. The van der Waals surface area contributed by atoms with Gasteiger partial charge in [0.1, 0.15) is 5.69 Å². The Balaban J connectivity index is 1.86. The summed E-state index contributed by atoms with van der Waals surface area (Å²) in [5.74, 6) is -0.612. The van der Waals surface area contributed by atoms with E-state index in [1.807, 2.05) is 0 Å². The van der Waals surface area contributed by atoms with Gasteiger partial charge in [-0.05, 0) is 53.4 Å². The summed E-state index contributed by atoms with van der Waals surface area (Å²) >= 11 is 3.12. The number of likely N-dealkylation sites (tertiary alicyclic amines) is 1. The highest BCUT2D eigenvalue weighted by atomic mass is 79.9. The highest BCUT2D eigenvalue weighted by molar-refractivity contribution is 9.10. The second kappa shape index (κ2) is 7.26. The smallest absolute Gasteiger partial charge is 0.291 e. The number of furan rings is 1. The zero-order valence-corrected chi connectivity index (χ0v) is 15.3. The minimum atomic E-state index is -0.551. The zero-order chi connectivity index (χ0) is 18.0. The Labute approximate surface area is 152 Å². The van der Waals surface area contributed by atoms with Gasteiger partial charge in [-0.2, -0.15) is 0 Å². The highest BCUT2D eigenvalue weighted by Gasteiger charge is 2.21. The topological polar surface area (TPSA) is 84.6 Å². The summed E-state index contributed by atoms with van der Waals surface area (Å²) in [5.41, 5.74) is 0.0250. The zero-order valence-electron chi connectivity index (χ0n) is 13.8. The van der Waals surface area contributed by atoms with Crippen LogP contribution in [0.2, 0.25) is 0 Å². The van der Waals surface area contributed by atoms with Crippen molar-refractivity contribution < 1.29 is 14.0 Å². The first-order valence-electron chi connectivity index (χ1n) is 8.02. The van der Waals surface area contributed by atoms with E-state index in [0.717, 1.165) is 19.3 Å². The van der Waals surface area contributed by atoms with Crippen molar-refractivity contribution in [1.29, 1.82) is 0 Å². The third kappa shape index (κ3) is 3.84. The minimum Gasteiger partial charge on any atom is -0.444 e. The summed E-state index contributed by atoms with van der Waals surface area (Å²) < 4.78 is 6.89. The third-order valence-electron chi connectivity index (χ3n) is 4.12. The molecule has 1 N–H and O–H groups in total. The van der Waals surface area contributed by atoms with Crippen molar-refractivity contribution in [2.75, 3.05) is 18.4 Å². The first kappa shape index (κ1) is 17.5. The number of aromatic nitrogens is 1. The SMILES string of the molecule is Cn1cc(C(=O)N2CCCCC2)cc(NC(=O)c2ccc(Br)o2)c1=O. The van der Waals surface area contributed by atoms with Gasteiger partial charge in [0.05, 0.1) is 5.56 Å². The summed E-state index contributed by atoms with van der Waals surface area (Å²) in [7, 11) is 1.55. The summed E-state index contributed by atoms with van der Waals surface area (Å²) in [4.78, 5) is 38.9. The summed E-state index contributed by atoms with van der Waals surface area (Å²) in [6.07, 6.45) is 4.58. The number of halogens is 1. The largest absolute Gasteiger partial charge is 0.444 e. The van der Waals surface area contributed by atoms with Crippen LogP contribution in [0.5, 0.6) is 0 Å². The van der Waals surface area contributed by atoms with Crippen LogP contribution in [0.4, 0.5) is 5.69 Å². The van der Waals surface area contributed by atoms with Gasteiger partial charge in [0, 0.05) is 26.3 Å². The fraction of sp³-hybridized carbons (Fsp3) is 0.353. The molecule has 0 atom stereocenters. The summed E-state index contributed by atoms with van der Waals surface area (Å²) in [6, 6.07) is 4.51. The van der Waals surface area contributed by atoms with Gasteiger partial charge in [-0.3, -0.25) is 14.4 Å². The summed E-state index contributed by atoms with van der Waals surface area (Å²) in [6.45, 7) is 1.42. The van der Waals surface area contributed by atoms with Gasteiger partial charge in [-0.15, -0.1) is 0 Å². The Morgan fingerprint density at radius 2 is 1.92 bits per heavy atom. The number of hydrogen-bond donors (Lipinski definition) is 1. The average molecular weight is 408 g/mol. The Morgan fingerprint density at radius 1 is 1.20 bits per heavy atom. The van der Waals surface area contributed by atoms with Crippen molar-refractivity contribution in [3.8, 4) is 0 Å². The molecule has 25 heavy (non-hydrogen) atoms. The number of amides is 2. The molecule has 3 heterocycles. The van der Waals surface area contributed by atoms with E-state index >= 15 is 0 Å². The fourth-order valence-corrected chi connectivity index (χ4v) is 3.12. The Hall–Kier alpha value is -2.35. The third-order valence-corrected chi connectivity index (χ3v) is 4.54. The number of aryl methyl sites for hydroxylation is 1. The standard InChI is InChI=1S/C17H18BrN3O4/c1-20-10-11(16(23)21-7-3-2-4-8-21)9-12(17(20)24)19-15(22)13-5-6-14(18)25-13/h5-6,9-10H,2-4,7-8H2,1H3,(H,19,22). The minimum absolute atomic E-state index is 0.0443. The number of piperidine rings is 1. The van der Waals surface area contributed by atoms with Crippen LogP contribution in [0, 0.1) is 0 Å². The number of carbonyl (C=O) groups excluding carboxylic acids is 2. The van der Waals surface area contributed by atoms with E-state index < -0.39 is 11.5 Å². The van der Waals surface area contributed by atoms with E-state index in [9.17, 15) is 14.4 Å². The van der Waals surface area contributed by atoms with E-state index in [1.54, 1.807) is 18.0 Å². The average Bonchev–Trinajstić information content (AvgIpc) is 3.05. The number of rotatable bonds is 3. The molecular weight excluding hydrogens is 390 g/mol. The second-order valence-corrected chi connectivity index (χ2v) is 6.75. The maximum atomic E-state index is 12.6. The molecule has 2 amide bonds. The number of anilines is 1. The van der Waals surface area contributed by atoms with Crippen LogP contribution in [0.15, 0.2) is 38.3 Å². The number of nitrogens with zero attached hydrogens (tertiary/aromatic N) is 2. The number of pyridine rings is 1. The molecule has 0 bridgehead atoms. The Bertz CT molecular complexity index is 865. The van der Waals surface area contributed by atoms with E-state index in [4.69, 9.17) is 4.42 Å². The number of carbonyl (C=O) groups is 2. The molecule has 2 aromatic heterocycles. The van der Waals surface area contributed by atoms with Gasteiger partial charge in [0.15, 0.2) is 10.4 Å². The molecule has 0 saturated carbocycles. The Morgan fingerprint density at radius 3 is 2.56 bits per heavy atom. The van der Waals surface area contributed by atoms with Crippen molar-refractivity contribution in [2.24, 2.45) is 7.05 Å². The van der Waals surface area contributed by atoms with Crippen molar-refractivity contribution in [2.45, 2.75) is 19.3 Å². The van der Waals surface area contributed by atoms with Gasteiger partial charge >= 0.3 is 0 Å². The molecule has 7 nitrogen and oxygen atoms in total. The number of nitrogens with one attached hydrogen (secondary N) is 1. The molecule has 2 aromatic rings. The molecule has 1 aliphatic heterocycles. The van der Waals surface area contributed by atoms with Gasteiger partial charge in [0.2, 0.25) is 0 Å². The molecule has 0 spiro atoms. The quantitative estimate of drug-likeness (QED) is 0.847. The van der Waals surface area contributed by atoms with Crippen LogP contribution in [0.3, 0.4) is 0 Å². The first-order chi connectivity index (χ1) is 12.0. The van der Waals surface area contributed by atoms with Crippen LogP contribution in [-0.4, -0.2) is 34.4 Å². The predicted molar refractivity (Wildman–Crippen MR) is 95.8 cm³/mol. The highest BCUT2D eigenvalue weighted by Crippen LogP contribution is 2.17. The lowest BCUT2D eigenvalue weighted by atomic mass is 10.1. The second-order valence-electron chi connectivity index (χ2n) is 5.97. The monoisotopic (exact) mass is 407 g/mol. The fourth-order valence-electron chi connectivity index (χ4n) is 2.82. The normalized spacial score (nSPS) is 14.4. The van der Waals surface area contributed by atoms with E-state index in [-0.39, 0.29) is 17.4 Å². The van der Waals surface area contributed by atoms with Gasteiger partial charge in [0.25, 0.3) is 17.4 Å². The van der Waals surface area contributed by atoms with E-state index in [2.05, 4.69) is 21.2 Å². The molecule has 1 fully saturated rings. The van der Waals surface area contributed by atoms with Gasteiger partial charge < -0.3 is 19.2 Å². The van der Waals surface area contributed by atoms with Crippen LogP contribution in [-0.2, 0) is 7.05 Å². The van der Waals surface area contributed by atoms with Crippen LogP contribution in [0.1, 0.15) is 40.2 Å². The molecule has 0 unspecified atom stereocenters. The van der Waals surface area contributed by atoms with Crippen molar-refractivity contribution in [3.05, 3.63) is 50.7 Å². The lowest BCUT2D eigenvalue weighted by molar-refractivity contribution is 0.0723. The van der Waals surface area contributed by atoms with Crippen LogP contribution >= 0.6 is 15.9 Å². The lowest BCUT2D eigenvalue weighted by Crippen LogP contribution is -2.36. The Kier molecular flexibility index (Phi) is 5.08. The van der Waals surface area contributed by atoms with Crippen molar-refractivity contribution >= 4 is 33.4 Å². The molecule has 132 valence electrons. The molecule has 8 heteroatoms. The molecule has 0 radical (unpaired) electrons. The summed E-state index contributed by atoms with van der Waals surface area (Å²) in [5, 5.41) is 2.52. The van der Waals surface area contributed by atoms with Gasteiger partial charge in [-0.25, -0.2) is 0 Å². The van der Waals surface area contributed by atoms with E-state index in [0.29, 0.717) is 23.3 Å². The van der Waals surface area contributed by atoms with E-state index in [1.165, 1.54) is 22.9 Å². The van der Waals surface area contributed by atoms with Crippen molar-refractivity contribution in [3.63, 3.8) is 0 Å². The molecule has 1 saturated heterocycles. The lowest BCUT2D eigenvalue weighted by Gasteiger charge is -2.27. The predicted octanol–water partition coefficient (Wildman–Crippen LogP) is 2.62. The molecule has 0 aliphatic carbocycles. The van der Waals surface area contributed by atoms with Gasteiger partial charge in [-0.1, -0.05) is 0 Å². The maximum Gasteiger partial charge on any atom is 0.291 e. The maximum absolute atomic E-state index is 12.6.